The number of hydrogen-bond acceptors (Lipinski definition) is 2. The van der Waals surface area contributed by atoms with E-state index in [1.54, 1.807) is 0 Å². The minimum Gasteiger partial charge on any atom is -0.481 e. The van der Waals surface area contributed by atoms with Gasteiger partial charge in [-0.15, -0.1) is 0 Å². The molecule has 0 fully saturated rings. The Morgan fingerprint density at radius 3 is 2.76 bits per heavy atom. The first-order valence-corrected chi connectivity index (χ1v) is 6.25. The van der Waals surface area contributed by atoms with Gasteiger partial charge in [0.05, 0.1) is 5.41 Å². The van der Waals surface area contributed by atoms with Crippen LogP contribution in [0.1, 0.15) is 32.6 Å². The summed E-state index contributed by atoms with van der Waals surface area (Å²) in [5.41, 5.74) is 0.598. The van der Waals surface area contributed by atoms with Crippen LogP contribution in [0.2, 0.25) is 0 Å². The van der Waals surface area contributed by atoms with Crippen molar-refractivity contribution in [2.75, 3.05) is 20.6 Å². The molecule has 0 aromatic rings. The van der Waals surface area contributed by atoms with Crippen molar-refractivity contribution in [2.24, 2.45) is 5.41 Å². The van der Waals surface area contributed by atoms with Gasteiger partial charge in [-0.3, -0.25) is 4.79 Å². The molecule has 1 aliphatic rings. The lowest BCUT2D eigenvalue weighted by atomic mass is 9.75. The first-order chi connectivity index (χ1) is 8.00. The quantitative estimate of drug-likeness (QED) is 0.772. The van der Waals surface area contributed by atoms with Gasteiger partial charge in [0.25, 0.3) is 0 Å². The molecule has 0 bridgehead atoms. The molecular formula is C14H23NO2. The molecule has 0 radical (unpaired) electrons. The largest absolute Gasteiger partial charge is 0.481 e. The first kappa shape index (κ1) is 14.0. The molecule has 96 valence electrons. The summed E-state index contributed by atoms with van der Waals surface area (Å²) in [6.45, 7) is 2.99. The highest BCUT2D eigenvalue weighted by Crippen LogP contribution is 2.36. The fourth-order valence-electron chi connectivity index (χ4n) is 2.23. The van der Waals surface area contributed by atoms with Gasteiger partial charge in [-0.25, -0.2) is 0 Å². The Labute approximate surface area is 104 Å². The van der Waals surface area contributed by atoms with Gasteiger partial charge in [-0.1, -0.05) is 30.7 Å². The fraction of sp³-hybridized carbons (Fsp3) is 0.643. The van der Waals surface area contributed by atoms with Crippen LogP contribution in [-0.4, -0.2) is 36.6 Å². The van der Waals surface area contributed by atoms with Gasteiger partial charge in [0.2, 0.25) is 0 Å². The number of hydrogen-bond donors (Lipinski definition) is 1. The summed E-state index contributed by atoms with van der Waals surface area (Å²) >= 11 is 0. The SMILES string of the molecule is CCC1(C(=O)O)C=CC=C(CCCN(C)C)C1. The smallest absolute Gasteiger partial charge is 0.313 e. The van der Waals surface area contributed by atoms with Crippen LogP contribution in [0.25, 0.3) is 0 Å². The molecule has 0 aromatic heterocycles. The number of nitrogens with zero attached hydrogens (tertiary/aromatic N) is 1. The lowest BCUT2D eigenvalue weighted by Gasteiger charge is -2.28. The van der Waals surface area contributed by atoms with E-state index < -0.39 is 11.4 Å². The summed E-state index contributed by atoms with van der Waals surface area (Å²) in [4.78, 5) is 13.5. The third-order valence-electron chi connectivity index (χ3n) is 3.45. The molecule has 1 N–H and O–H groups in total. The number of carbonyl (C=O) groups is 1. The normalized spacial score (nSPS) is 23.9. The minimum absolute atomic E-state index is 0.657. The molecule has 1 unspecified atom stereocenters. The summed E-state index contributed by atoms with van der Waals surface area (Å²) in [6, 6.07) is 0. The van der Waals surface area contributed by atoms with E-state index in [9.17, 15) is 9.90 Å². The zero-order valence-corrected chi connectivity index (χ0v) is 11.1. The zero-order valence-electron chi connectivity index (χ0n) is 11.1. The van der Waals surface area contributed by atoms with Crippen LogP contribution in [0, 0.1) is 5.41 Å². The summed E-state index contributed by atoms with van der Waals surface area (Å²) < 4.78 is 0. The third-order valence-corrected chi connectivity index (χ3v) is 3.45. The standard InChI is InChI=1S/C14H23NO2/c1-4-14(13(16)17)9-5-7-12(11-14)8-6-10-15(2)3/h5,7,9H,4,6,8,10-11H2,1-3H3,(H,16,17). The highest BCUT2D eigenvalue weighted by atomic mass is 16.4. The van der Waals surface area contributed by atoms with Crippen LogP contribution < -0.4 is 0 Å². The van der Waals surface area contributed by atoms with Gasteiger partial charge >= 0.3 is 5.97 Å². The molecular weight excluding hydrogens is 214 g/mol. The van der Waals surface area contributed by atoms with E-state index >= 15 is 0 Å². The van der Waals surface area contributed by atoms with E-state index in [1.807, 2.05) is 19.1 Å². The van der Waals surface area contributed by atoms with Crippen molar-refractivity contribution >= 4 is 5.97 Å². The Bertz CT molecular complexity index is 331. The van der Waals surface area contributed by atoms with Crippen LogP contribution >= 0.6 is 0 Å². The average molecular weight is 237 g/mol. The van der Waals surface area contributed by atoms with E-state index in [2.05, 4.69) is 25.1 Å². The molecule has 0 amide bonds. The Morgan fingerprint density at radius 2 is 2.24 bits per heavy atom. The van der Waals surface area contributed by atoms with Gasteiger partial charge in [-0.2, -0.15) is 0 Å². The van der Waals surface area contributed by atoms with Gasteiger partial charge in [0, 0.05) is 0 Å². The molecule has 0 heterocycles. The van der Waals surface area contributed by atoms with Crippen LogP contribution in [0.3, 0.4) is 0 Å². The number of aliphatic carboxylic acids is 1. The molecule has 0 saturated heterocycles. The van der Waals surface area contributed by atoms with Crippen molar-refractivity contribution in [3.8, 4) is 0 Å². The van der Waals surface area contributed by atoms with Crippen LogP contribution in [0.4, 0.5) is 0 Å². The number of allylic oxidation sites excluding steroid dienone is 3. The predicted octanol–water partition coefficient (Wildman–Crippen LogP) is 2.70. The lowest BCUT2D eigenvalue weighted by molar-refractivity contribution is -0.146. The second kappa shape index (κ2) is 6.01. The molecule has 3 nitrogen and oxygen atoms in total. The molecule has 0 aromatic carbocycles. The molecule has 0 aliphatic heterocycles. The molecule has 0 spiro atoms. The minimum atomic E-state index is -0.700. The molecule has 3 heteroatoms. The third kappa shape index (κ3) is 3.70. The number of carboxylic acid groups (broad SMARTS) is 1. The average Bonchev–Trinajstić information content (AvgIpc) is 2.28. The van der Waals surface area contributed by atoms with Crippen molar-refractivity contribution in [1.82, 2.24) is 4.90 Å². The van der Waals surface area contributed by atoms with Crippen molar-refractivity contribution in [3.05, 3.63) is 23.8 Å². The van der Waals surface area contributed by atoms with Gasteiger partial charge in [0.1, 0.15) is 0 Å². The zero-order chi connectivity index (χ0) is 12.9. The topological polar surface area (TPSA) is 40.5 Å². The Morgan fingerprint density at radius 1 is 1.53 bits per heavy atom. The Hall–Kier alpha value is -1.09. The van der Waals surface area contributed by atoms with E-state index in [0.717, 1.165) is 19.4 Å². The van der Waals surface area contributed by atoms with Crippen LogP contribution in [-0.2, 0) is 4.79 Å². The summed E-state index contributed by atoms with van der Waals surface area (Å²) in [5, 5.41) is 9.33. The maximum Gasteiger partial charge on any atom is 0.313 e. The van der Waals surface area contributed by atoms with Crippen LogP contribution in [0.15, 0.2) is 23.8 Å². The lowest BCUT2D eigenvalue weighted by Crippen LogP contribution is -2.30. The van der Waals surface area contributed by atoms with Crippen molar-refractivity contribution in [1.29, 1.82) is 0 Å². The van der Waals surface area contributed by atoms with Crippen molar-refractivity contribution < 1.29 is 9.90 Å². The Balaban J connectivity index is 2.57. The summed E-state index contributed by atoms with van der Waals surface area (Å²) in [7, 11) is 4.12. The summed E-state index contributed by atoms with van der Waals surface area (Å²) in [5.74, 6) is -0.700. The second-order valence-electron chi connectivity index (χ2n) is 5.08. The van der Waals surface area contributed by atoms with E-state index in [4.69, 9.17) is 0 Å². The van der Waals surface area contributed by atoms with Gasteiger partial charge < -0.3 is 10.0 Å². The monoisotopic (exact) mass is 237 g/mol. The highest BCUT2D eigenvalue weighted by Gasteiger charge is 2.35. The van der Waals surface area contributed by atoms with E-state index in [0.29, 0.717) is 12.8 Å². The highest BCUT2D eigenvalue weighted by molar-refractivity contribution is 5.78. The van der Waals surface area contributed by atoms with Crippen molar-refractivity contribution in [2.45, 2.75) is 32.6 Å². The fourth-order valence-corrected chi connectivity index (χ4v) is 2.23. The Kier molecular flexibility index (Phi) is 4.94. The maximum atomic E-state index is 11.3. The van der Waals surface area contributed by atoms with Crippen LogP contribution in [0.5, 0.6) is 0 Å². The maximum absolute atomic E-state index is 11.3. The molecule has 1 aliphatic carbocycles. The predicted molar refractivity (Wildman–Crippen MR) is 70.0 cm³/mol. The first-order valence-electron chi connectivity index (χ1n) is 6.25. The summed E-state index contributed by atoms with van der Waals surface area (Å²) in [6.07, 6.45) is 9.24. The molecule has 17 heavy (non-hydrogen) atoms. The molecule has 1 atom stereocenters. The van der Waals surface area contributed by atoms with Gasteiger partial charge in [0.15, 0.2) is 0 Å². The van der Waals surface area contributed by atoms with E-state index in [-0.39, 0.29) is 0 Å². The van der Waals surface area contributed by atoms with Crippen molar-refractivity contribution in [3.63, 3.8) is 0 Å². The molecule has 0 saturated carbocycles. The van der Waals surface area contributed by atoms with E-state index in [1.165, 1.54) is 5.57 Å². The number of carboxylic acids is 1. The number of rotatable bonds is 6. The van der Waals surface area contributed by atoms with Gasteiger partial charge in [-0.05, 0) is 46.3 Å². The second-order valence-corrected chi connectivity index (χ2v) is 5.08. The molecule has 1 rings (SSSR count).